The van der Waals surface area contributed by atoms with E-state index in [1.807, 2.05) is 30.3 Å². The molecule has 1 amide bonds. The van der Waals surface area contributed by atoms with Crippen molar-refractivity contribution in [2.24, 2.45) is 0 Å². The van der Waals surface area contributed by atoms with Gasteiger partial charge in [0.2, 0.25) is 0 Å². The van der Waals surface area contributed by atoms with Gasteiger partial charge in [0, 0.05) is 17.2 Å². The van der Waals surface area contributed by atoms with Crippen molar-refractivity contribution in [2.75, 3.05) is 7.11 Å². The van der Waals surface area contributed by atoms with Crippen LogP contribution in [0.3, 0.4) is 0 Å². The first-order chi connectivity index (χ1) is 13.6. The van der Waals surface area contributed by atoms with Crippen LogP contribution in [0.25, 0.3) is 21.9 Å². The van der Waals surface area contributed by atoms with Gasteiger partial charge >= 0.3 is 0 Å². The molecule has 4 rings (SSSR count). The molecule has 3 aromatic carbocycles. The number of nitrogens with one attached hydrogen (secondary N) is 1. The molecule has 0 spiro atoms. The van der Waals surface area contributed by atoms with Gasteiger partial charge in [-0.15, -0.1) is 0 Å². The summed E-state index contributed by atoms with van der Waals surface area (Å²) < 4.78 is 19.8. The molecule has 1 fully saturated rings. The molecule has 0 unspecified atom stereocenters. The smallest absolute Gasteiger partial charge is 0.252 e. The average molecular weight is 379 g/mol. The molecule has 28 heavy (non-hydrogen) atoms. The summed E-state index contributed by atoms with van der Waals surface area (Å²) in [6, 6.07) is 15.6. The van der Waals surface area contributed by atoms with E-state index >= 15 is 0 Å². The molecule has 5 heteroatoms. The molecule has 0 radical (unpaired) electrons. The minimum absolute atomic E-state index is 0.0169. The predicted octanol–water partition coefficient (Wildman–Crippen LogP) is 4.30. The Kier molecular flexibility index (Phi) is 5.01. The Morgan fingerprint density at radius 2 is 1.86 bits per heavy atom. The Labute approximate surface area is 163 Å². The molecule has 1 aliphatic rings. The van der Waals surface area contributed by atoms with Crippen LogP contribution in [0.15, 0.2) is 54.6 Å². The van der Waals surface area contributed by atoms with Gasteiger partial charge in [-0.3, -0.25) is 4.79 Å². The van der Waals surface area contributed by atoms with Gasteiger partial charge in [-0.25, -0.2) is 4.39 Å². The number of carbonyl (C=O) groups is 1. The molecule has 2 N–H and O–H groups in total. The van der Waals surface area contributed by atoms with Crippen LogP contribution in [0, 0.1) is 5.82 Å². The van der Waals surface area contributed by atoms with Crippen LogP contribution in [0.4, 0.5) is 4.39 Å². The van der Waals surface area contributed by atoms with Crippen LogP contribution < -0.4 is 10.1 Å². The molecule has 0 heterocycles. The lowest BCUT2D eigenvalue weighted by Gasteiger charge is -2.15. The van der Waals surface area contributed by atoms with Crippen LogP contribution in [0.5, 0.6) is 5.75 Å². The Bertz CT molecular complexity index is 1030. The van der Waals surface area contributed by atoms with Gasteiger partial charge in [0.1, 0.15) is 11.6 Å². The van der Waals surface area contributed by atoms with E-state index in [4.69, 9.17) is 4.74 Å². The van der Waals surface area contributed by atoms with Crippen molar-refractivity contribution in [2.45, 2.75) is 31.4 Å². The molecular weight excluding hydrogens is 357 g/mol. The SMILES string of the molecule is COc1ccc(F)c(-c2cccc3c(C(=O)N[C@@H]4CC[C@H](O)C4)cccc23)c1. The lowest BCUT2D eigenvalue weighted by atomic mass is 9.95. The third kappa shape index (κ3) is 3.45. The maximum absolute atomic E-state index is 14.5. The second-order valence-electron chi connectivity index (χ2n) is 7.19. The zero-order valence-electron chi connectivity index (χ0n) is 15.6. The van der Waals surface area contributed by atoms with Gasteiger partial charge in [-0.1, -0.05) is 30.3 Å². The first kappa shape index (κ1) is 18.4. The molecular formula is C23H22FNO3. The van der Waals surface area contributed by atoms with Crippen LogP contribution in [-0.2, 0) is 0 Å². The van der Waals surface area contributed by atoms with Gasteiger partial charge in [0.15, 0.2) is 0 Å². The molecule has 0 saturated heterocycles. The summed E-state index contributed by atoms with van der Waals surface area (Å²) >= 11 is 0. The molecule has 0 aliphatic heterocycles. The summed E-state index contributed by atoms with van der Waals surface area (Å²) in [6.45, 7) is 0. The summed E-state index contributed by atoms with van der Waals surface area (Å²) in [5.74, 6) is 0.0538. The van der Waals surface area contributed by atoms with E-state index in [2.05, 4.69) is 5.32 Å². The number of methoxy groups -OCH3 is 1. The van der Waals surface area contributed by atoms with Crippen LogP contribution in [0.2, 0.25) is 0 Å². The van der Waals surface area contributed by atoms with Crippen molar-refractivity contribution in [3.63, 3.8) is 0 Å². The summed E-state index contributed by atoms with van der Waals surface area (Å²) in [5, 5.41) is 14.3. The fourth-order valence-corrected chi connectivity index (χ4v) is 3.93. The lowest BCUT2D eigenvalue weighted by molar-refractivity contribution is 0.0935. The van der Waals surface area contributed by atoms with Crippen molar-refractivity contribution in [3.8, 4) is 16.9 Å². The van der Waals surface area contributed by atoms with E-state index in [-0.39, 0.29) is 23.9 Å². The number of fused-ring (bicyclic) bond motifs is 1. The van der Waals surface area contributed by atoms with E-state index in [1.165, 1.54) is 6.07 Å². The fraction of sp³-hybridized carbons (Fsp3) is 0.261. The highest BCUT2D eigenvalue weighted by atomic mass is 19.1. The number of hydrogen-bond donors (Lipinski definition) is 2. The van der Waals surface area contributed by atoms with E-state index in [1.54, 1.807) is 25.3 Å². The number of ether oxygens (including phenoxy) is 1. The third-order valence-corrected chi connectivity index (χ3v) is 5.37. The Morgan fingerprint density at radius 3 is 2.61 bits per heavy atom. The largest absolute Gasteiger partial charge is 0.497 e. The highest BCUT2D eigenvalue weighted by molar-refractivity contribution is 6.10. The van der Waals surface area contributed by atoms with Gasteiger partial charge in [0.05, 0.1) is 13.2 Å². The lowest BCUT2D eigenvalue weighted by Crippen LogP contribution is -2.33. The first-order valence-corrected chi connectivity index (χ1v) is 9.41. The average Bonchev–Trinajstić information content (AvgIpc) is 3.12. The topological polar surface area (TPSA) is 58.6 Å². The molecule has 4 nitrogen and oxygen atoms in total. The first-order valence-electron chi connectivity index (χ1n) is 9.41. The monoisotopic (exact) mass is 379 g/mol. The maximum atomic E-state index is 14.5. The Balaban J connectivity index is 1.76. The van der Waals surface area contributed by atoms with Crippen molar-refractivity contribution in [3.05, 3.63) is 66.0 Å². The molecule has 0 bridgehead atoms. The van der Waals surface area contributed by atoms with E-state index in [0.29, 0.717) is 35.3 Å². The number of rotatable bonds is 4. The van der Waals surface area contributed by atoms with E-state index in [9.17, 15) is 14.3 Å². The zero-order valence-corrected chi connectivity index (χ0v) is 15.6. The van der Waals surface area contributed by atoms with Crippen molar-refractivity contribution < 1.29 is 19.0 Å². The number of halogens is 1. The summed E-state index contributed by atoms with van der Waals surface area (Å²) in [5.41, 5.74) is 1.69. The van der Waals surface area contributed by atoms with Crippen molar-refractivity contribution in [1.82, 2.24) is 5.32 Å². The molecule has 1 saturated carbocycles. The number of benzene rings is 3. The highest BCUT2D eigenvalue weighted by Crippen LogP contribution is 2.34. The van der Waals surface area contributed by atoms with E-state index in [0.717, 1.165) is 17.2 Å². The van der Waals surface area contributed by atoms with Gasteiger partial charge in [0.25, 0.3) is 5.91 Å². The summed E-state index contributed by atoms with van der Waals surface area (Å²) in [7, 11) is 1.54. The third-order valence-electron chi connectivity index (χ3n) is 5.37. The summed E-state index contributed by atoms with van der Waals surface area (Å²) in [6.07, 6.45) is 1.72. The van der Waals surface area contributed by atoms with Crippen molar-refractivity contribution in [1.29, 1.82) is 0 Å². The number of aliphatic hydroxyl groups excluding tert-OH is 1. The van der Waals surface area contributed by atoms with Gasteiger partial charge in [-0.05, 0) is 59.9 Å². The van der Waals surface area contributed by atoms with E-state index < -0.39 is 0 Å². The van der Waals surface area contributed by atoms with Gasteiger partial charge in [-0.2, -0.15) is 0 Å². The van der Waals surface area contributed by atoms with Crippen LogP contribution >= 0.6 is 0 Å². The zero-order chi connectivity index (χ0) is 19.7. The number of carbonyl (C=O) groups excluding carboxylic acids is 1. The number of amides is 1. The highest BCUT2D eigenvalue weighted by Gasteiger charge is 2.25. The number of aliphatic hydroxyl groups is 1. The second kappa shape index (κ2) is 7.60. The molecule has 0 aromatic heterocycles. The molecule has 2 atom stereocenters. The molecule has 144 valence electrons. The quantitative estimate of drug-likeness (QED) is 0.711. The molecule has 1 aliphatic carbocycles. The minimum Gasteiger partial charge on any atom is -0.497 e. The van der Waals surface area contributed by atoms with Gasteiger partial charge < -0.3 is 15.2 Å². The number of hydrogen-bond acceptors (Lipinski definition) is 3. The summed E-state index contributed by atoms with van der Waals surface area (Å²) in [4.78, 5) is 12.8. The van der Waals surface area contributed by atoms with Crippen molar-refractivity contribution >= 4 is 16.7 Å². The maximum Gasteiger partial charge on any atom is 0.252 e. The predicted molar refractivity (Wildman–Crippen MR) is 107 cm³/mol. The van der Waals surface area contributed by atoms with Crippen LogP contribution in [-0.4, -0.2) is 30.3 Å². The fourth-order valence-electron chi connectivity index (χ4n) is 3.93. The Morgan fingerprint density at radius 1 is 1.07 bits per heavy atom. The second-order valence-corrected chi connectivity index (χ2v) is 7.19. The molecule has 3 aromatic rings. The van der Waals surface area contributed by atoms with Crippen LogP contribution in [0.1, 0.15) is 29.6 Å². The Hall–Kier alpha value is -2.92. The normalized spacial score (nSPS) is 19.0. The minimum atomic E-state index is -0.347. The standard InChI is InChI=1S/C23H22FNO3/c1-28-16-10-11-22(24)21(13-16)19-6-2-5-18-17(19)4-3-7-20(18)23(27)25-14-8-9-15(26)12-14/h2-7,10-11,13-15,26H,8-9,12H2,1H3,(H,25,27)/t14-,15+/m1/s1.